The van der Waals surface area contributed by atoms with Gasteiger partial charge in [-0.05, 0) is 31.4 Å². The first kappa shape index (κ1) is 20.5. The summed E-state index contributed by atoms with van der Waals surface area (Å²) in [5, 5.41) is 3.04. The molecule has 3 rings (SSSR count). The van der Waals surface area contributed by atoms with Gasteiger partial charge in [0.25, 0.3) is 0 Å². The van der Waals surface area contributed by atoms with E-state index in [2.05, 4.69) is 10.3 Å². The van der Waals surface area contributed by atoms with Crippen molar-refractivity contribution in [3.05, 3.63) is 42.3 Å². The Kier molecular flexibility index (Phi) is 7.54. The third kappa shape index (κ3) is 5.86. The molecule has 1 aromatic carbocycles. The Morgan fingerprint density at radius 3 is 2.93 bits per heavy atom. The van der Waals surface area contributed by atoms with Crippen LogP contribution in [-0.4, -0.2) is 46.6 Å². The Morgan fingerprint density at radius 1 is 1.32 bits per heavy atom. The van der Waals surface area contributed by atoms with Crippen molar-refractivity contribution >= 4 is 23.6 Å². The second-order valence-electron chi connectivity index (χ2n) is 7.00. The number of hydrogen-bond acceptors (Lipinski definition) is 5. The largest absolute Gasteiger partial charge is 0.444 e. The highest BCUT2D eigenvalue weighted by Crippen LogP contribution is 2.21. The molecule has 6 nitrogen and oxygen atoms in total. The third-order valence-corrected chi connectivity index (χ3v) is 5.62. The van der Waals surface area contributed by atoms with E-state index in [1.165, 1.54) is 11.8 Å². The summed E-state index contributed by atoms with van der Waals surface area (Å²) in [5.41, 5.74) is 1.78. The van der Waals surface area contributed by atoms with Gasteiger partial charge in [0.15, 0.2) is 0 Å². The third-order valence-electron chi connectivity index (χ3n) is 4.66. The lowest BCUT2D eigenvalue weighted by molar-refractivity contribution is -0.131. The Morgan fingerprint density at radius 2 is 2.14 bits per heavy atom. The number of rotatable bonds is 8. The first-order valence-corrected chi connectivity index (χ1v) is 11.0. The maximum atomic E-state index is 12.5. The zero-order valence-corrected chi connectivity index (χ0v) is 17.0. The minimum atomic E-state index is 0.0747. The molecule has 0 bridgehead atoms. The summed E-state index contributed by atoms with van der Waals surface area (Å²) < 4.78 is 5.54. The first-order chi connectivity index (χ1) is 13.7. The topological polar surface area (TPSA) is 75.4 Å². The van der Waals surface area contributed by atoms with E-state index in [9.17, 15) is 9.59 Å². The molecule has 2 aromatic rings. The summed E-state index contributed by atoms with van der Waals surface area (Å²) in [6, 6.07) is 9.84. The van der Waals surface area contributed by atoms with E-state index in [4.69, 9.17) is 4.42 Å². The van der Waals surface area contributed by atoms with Gasteiger partial charge >= 0.3 is 0 Å². The van der Waals surface area contributed by atoms with Crippen molar-refractivity contribution in [2.75, 3.05) is 18.8 Å². The molecule has 2 amide bonds. The minimum Gasteiger partial charge on any atom is -0.444 e. The number of piperidine rings is 1. The van der Waals surface area contributed by atoms with Crippen LogP contribution in [0.15, 0.2) is 41.0 Å². The summed E-state index contributed by atoms with van der Waals surface area (Å²) in [5.74, 6) is 1.84. The van der Waals surface area contributed by atoms with Crippen molar-refractivity contribution in [2.45, 2.75) is 44.4 Å². The van der Waals surface area contributed by atoms with E-state index >= 15 is 0 Å². The zero-order valence-electron chi connectivity index (χ0n) is 16.2. The van der Waals surface area contributed by atoms with E-state index in [1.54, 1.807) is 6.26 Å². The molecule has 1 atom stereocenters. The molecule has 0 aliphatic carbocycles. The van der Waals surface area contributed by atoms with Crippen LogP contribution in [0.1, 0.15) is 38.3 Å². The lowest BCUT2D eigenvalue weighted by atomic mass is 10.1. The van der Waals surface area contributed by atoms with E-state index in [0.29, 0.717) is 30.4 Å². The Bertz CT molecular complexity index is 778. The van der Waals surface area contributed by atoms with Crippen LogP contribution in [0, 0.1) is 0 Å². The van der Waals surface area contributed by atoms with Gasteiger partial charge in [0.1, 0.15) is 6.26 Å². The number of hydrogen-bond donors (Lipinski definition) is 1. The molecule has 1 fully saturated rings. The van der Waals surface area contributed by atoms with Crippen LogP contribution < -0.4 is 5.32 Å². The van der Waals surface area contributed by atoms with Crippen LogP contribution in [0.3, 0.4) is 0 Å². The molecule has 1 aliphatic heterocycles. The van der Waals surface area contributed by atoms with Gasteiger partial charge in [0, 0.05) is 36.9 Å². The normalized spacial score (nSPS) is 16.8. The number of carbonyl (C=O) groups excluding carboxylic acids is 2. The number of thioether (sulfide) groups is 1. The lowest BCUT2D eigenvalue weighted by Gasteiger charge is -2.33. The molecule has 1 N–H and O–H groups in total. The number of nitrogens with one attached hydrogen (secondary N) is 1. The van der Waals surface area contributed by atoms with E-state index in [-0.39, 0.29) is 17.9 Å². The van der Waals surface area contributed by atoms with Crippen LogP contribution in [0.25, 0.3) is 11.5 Å². The second kappa shape index (κ2) is 10.3. The predicted octanol–water partition coefficient (Wildman–Crippen LogP) is 3.48. The van der Waals surface area contributed by atoms with Crippen molar-refractivity contribution < 1.29 is 14.0 Å². The van der Waals surface area contributed by atoms with Crippen LogP contribution in [-0.2, 0) is 15.3 Å². The Labute approximate surface area is 170 Å². The molecule has 0 unspecified atom stereocenters. The second-order valence-corrected chi connectivity index (χ2v) is 7.98. The molecule has 0 radical (unpaired) electrons. The number of aromatic nitrogens is 1. The fourth-order valence-electron chi connectivity index (χ4n) is 3.27. The maximum Gasteiger partial charge on any atom is 0.232 e. The fraction of sp³-hybridized carbons (Fsp3) is 0.476. The first-order valence-electron chi connectivity index (χ1n) is 9.80. The summed E-state index contributed by atoms with van der Waals surface area (Å²) in [6.07, 6.45) is 4.90. The van der Waals surface area contributed by atoms with E-state index in [1.807, 2.05) is 42.2 Å². The number of carbonyl (C=O) groups is 2. The number of amides is 2. The van der Waals surface area contributed by atoms with Gasteiger partial charge in [-0.25, -0.2) is 4.98 Å². The van der Waals surface area contributed by atoms with Crippen LogP contribution in [0.5, 0.6) is 0 Å². The van der Waals surface area contributed by atoms with Gasteiger partial charge in [-0.15, -0.1) is 11.8 Å². The van der Waals surface area contributed by atoms with Crippen LogP contribution >= 0.6 is 11.8 Å². The van der Waals surface area contributed by atoms with Gasteiger partial charge in [0.05, 0.1) is 11.4 Å². The molecular weight excluding hydrogens is 374 g/mol. The van der Waals surface area contributed by atoms with E-state index < -0.39 is 0 Å². The number of nitrogens with zero attached hydrogens (tertiary/aromatic N) is 2. The summed E-state index contributed by atoms with van der Waals surface area (Å²) in [6.45, 7) is 3.36. The van der Waals surface area contributed by atoms with E-state index in [0.717, 1.165) is 37.1 Å². The van der Waals surface area contributed by atoms with Crippen molar-refractivity contribution in [1.29, 1.82) is 0 Å². The average molecular weight is 402 g/mol. The minimum absolute atomic E-state index is 0.0747. The monoisotopic (exact) mass is 401 g/mol. The maximum absolute atomic E-state index is 12.5. The van der Waals surface area contributed by atoms with Crippen molar-refractivity contribution in [2.24, 2.45) is 0 Å². The Hall–Kier alpha value is -2.28. The molecule has 1 saturated heterocycles. The van der Waals surface area contributed by atoms with Gasteiger partial charge in [0.2, 0.25) is 17.7 Å². The van der Waals surface area contributed by atoms with Crippen molar-refractivity contribution in [1.82, 2.24) is 15.2 Å². The van der Waals surface area contributed by atoms with Crippen LogP contribution in [0.4, 0.5) is 0 Å². The fourth-order valence-corrected chi connectivity index (χ4v) is 4.07. The zero-order chi connectivity index (χ0) is 19.8. The van der Waals surface area contributed by atoms with Crippen LogP contribution in [0.2, 0.25) is 0 Å². The standard InChI is InChI=1S/C21H27N3O3S/c1-2-7-19(25)22-17-10-6-11-24(12-17)20(26)15-28-14-18-13-27-21(23-18)16-8-4-3-5-9-16/h3-5,8-9,13,17H,2,6-7,10-12,14-15H2,1H3,(H,22,25)/t17-/m1/s1. The van der Waals surface area contributed by atoms with Crippen molar-refractivity contribution in [3.63, 3.8) is 0 Å². The molecule has 2 heterocycles. The molecule has 1 aromatic heterocycles. The molecular formula is C21H27N3O3S. The number of likely N-dealkylation sites (tertiary alicyclic amines) is 1. The van der Waals surface area contributed by atoms with Gasteiger partial charge < -0.3 is 14.6 Å². The summed E-state index contributed by atoms with van der Waals surface area (Å²) in [7, 11) is 0. The molecule has 1 aliphatic rings. The quantitative estimate of drug-likeness (QED) is 0.733. The number of benzene rings is 1. The molecule has 28 heavy (non-hydrogen) atoms. The summed E-state index contributed by atoms with van der Waals surface area (Å²) >= 11 is 1.54. The highest BCUT2D eigenvalue weighted by Gasteiger charge is 2.24. The smallest absolute Gasteiger partial charge is 0.232 e. The van der Waals surface area contributed by atoms with Gasteiger partial charge in [-0.3, -0.25) is 9.59 Å². The summed E-state index contributed by atoms with van der Waals surface area (Å²) in [4.78, 5) is 30.7. The van der Waals surface area contributed by atoms with Gasteiger partial charge in [-0.1, -0.05) is 25.1 Å². The SMILES string of the molecule is CCCC(=O)N[C@@H]1CCCN(C(=O)CSCc2coc(-c3ccccc3)n2)C1. The molecule has 0 spiro atoms. The van der Waals surface area contributed by atoms with Gasteiger partial charge in [-0.2, -0.15) is 0 Å². The molecule has 7 heteroatoms. The average Bonchev–Trinajstić information content (AvgIpc) is 3.18. The highest BCUT2D eigenvalue weighted by atomic mass is 32.2. The molecule has 150 valence electrons. The Balaban J connectivity index is 1.43. The predicted molar refractivity (Wildman–Crippen MR) is 111 cm³/mol. The number of oxazole rings is 1. The highest BCUT2D eigenvalue weighted by molar-refractivity contribution is 7.99. The molecule has 0 saturated carbocycles. The van der Waals surface area contributed by atoms with Crippen molar-refractivity contribution in [3.8, 4) is 11.5 Å². The lowest BCUT2D eigenvalue weighted by Crippen LogP contribution is -2.50.